The number of aromatic nitrogens is 3. The van der Waals surface area contributed by atoms with Gasteiger partial charge in [0, 0.05) is 30.6 Å². The van der Waals surface area contributed by atoms with Crippen LogP contribution in [0.25, 0.3) is 22.2 Å². The van der Waals surface area contributed by atoms with Crippen LogP contribution in [0.4, 0.5) is 10.5 Å². The number of rotatable bonds is 4. The van der Waals surface area contributed by atoms with Gasteiger partial charge >= 0.3 is 6.09 Å². The van der Waals surface area contributed by atoms with Crippen molar-refractivity contribution >= 4 is 34.4 Å². The molecule has 1 aliphatic carbocycles. The number of carbonyl (C=O) groups is 1. The molecule has 1 saturated carbocycles. The van der Waals surface area contributed by atoms with Crippen molar-refractivity contribution in [2.75, 3.05) is 25.6 Å². The first-order valence-electron chi connectivity index (χ1n) is 12.2. The molecule has 1 spiro atoms. The maximum atomic E-state index is 12.3. The van der Waals surface area contributed by atoms with Gasteiger partial charge < -0.3 is 23.5 Å². The molecule has 1 saturated heterocycles. The van der Waals surface area contributed by atoms with Crippen LogP contribution in [0.3, 0.4) is 0 Å². The van der Waals surface area contributed by atoms with Gasteiger partial charge in [-0.1, -0.05) is 17.7 Å². The van der Waals surface area contributed by atoms with Crippen LogP contribution in [0.15, 0.2) is 30.7 Å². The monoisotopic (exact) mass is 514 g/mol. The Morgan fingerprint density at radius 3 is 2.58 bits per heavy atom. The van der Waals surface area contributed by atoms with Gasteiger partial charge in [0.15, 0.2) is 5.79 Å². The second-order valence-corrected chi connectivity index (χ2v) is 10.6. The lowest BCUT2D eigenvalue weighted by Crippen LogP contribution is -2.35. The minimum atomic E-state index is -0.607. The standard InChI is InChI=1S/C26H31ClN4O5/c1-25(2,3)36-24(32)30-19-6-5-16(13-20(19)33-4)18-14-31(23-21(18)22(27)28-15-29-23)17-7-9-26(10-8-17)34-11-12-35-26/h5-6,13-15,17H,7-12H2,1-4H3,(H,30,32). The molecule has 192 valence electrons. The summed E-state index contributed by atoms with van der Waals surface area (Å²) in [6.07, 6.45) is 6.52. The van der Waals surface area contributed by atoms with Crippen molar-refractivity contribution in [2.45, 2.75) is 63.9 Å². The average molecular weight is 515 g/mol. The highest BCUT2D eigenvalue weighted by Gasteiger charge is 2.41. The number of methoxy groups -OCH3 is 1. The fourth-order valence-corrected chi connectivity index (χ4v) is 5.26. The zero-order valence-electron chi connectivity index (χ0n) is 21.0. The molecule has 36 heavy (non-hydrogen) atoms. The molecule has 10 heteroatoms. The third-order valence-corrected chi connectivity index (χ3v) is 6.92. The molecule has 0 atom stereocenters. The van der Waals surface area contributed by atoms with Crippen LogP contribution in [0.1, 0.15) is 52.5 Å². The summed E-state index contributed by atoms with van der Waals surface area (Å²) >= 11 is 6.59. The Morgan fingerprint density at radius 2 is 1.92 bits per heavy atom. The van der Waals surface area contributed by atoms with E-state index in [-0.39, 0.29) is 6.04 Å². The third-order valence-electron chi connectivity index (χ3n) is 6.64. The number of nitrogens with zero attached hydrogens (tertiary/aromatic N) is 3. The summed E-state index contributed by atoms with van der Waals surface area (Å²) in [5.74, 6) is 0.0709. The molecular weight excluding hydrogens is 484 g/mol. The number of carbonyl (C=O) groups excluding carboxylic acids is 1. The number of fused-ring (bicyclic) bond motifs is 1. The Balaban J connectivity index is 1.47. The van der Waals surface area contributed by atoms with Crippen molar-refractivity contribution in [3.05, 3.63) is 35.9 Å². The van der Waals surface area contributed by atoms with E-state index in [1.165, 1.54) is 6.33 Å². The smallest absolute Gasteiger partial charge is 0.412 e. The molecule has 1 N–H and O–H groups in total. The number of ether oxygens (including phenoxy) is 4. The van der Waals surface area contributed by atoms with Crippen LogP contribution in [0, 0.1) is 0 Å². The zero-order chi connectivity index (χ0) is 25.5. The number of hydrogen-bond acceptors (Lipinski definition) is 7. The van der Waals surface area contributed by atoms with Crippen molar-refractivity contribution < 1.29 is 23.7 Å². The van der Waals surface area contributed by atoms with Crippen LogP contribution < -0.4 is 10.1 Å². The number of nitrogens with one attached hydrogen (secondary N) is 1. The Morgan fingerprint density at radius 1 is 1.19 bits per heavy atom. The van der Waals surface area contributed by atoms with Gasteiger partial charge in [0.25, 0.3) is 0 Å². The topological polar surface area (TPSA) is 96.7 Å². The number of hydrogen-bond donors (Lipinski definition) is 1. The minimum Gasteiger partial charge on any atom is -0.495 e. The first kappa shape index (κ1) is 24.8. The molecule has 3 heterocycles. The Kier molecular flexibility index (Phi) is 6.57. The number of anilines is 1. The quantitative estimate of drug-likeness (QED) is 0.428. The maximum Gasteiger partial charge on any atom is 0.412 e. The zero-order valence-corrected chi connectivity index (χ0v) is 21.7. The second-order valence-electron chi connectivity index (χ2n) is 10.2. The molecule has 3 aromatic rings. The summed E-state index contributed by atoms with van der Waals surface area (Å²) in [5, 5.41) is 3.93. The maximum absolute atomic E-state index is 12.3. The van der Waals surface area contributed by atoms with Crippen molar-refractivity contribution in [3.8, 4) is 16.9 Å². The Labute approximate surface area is 215 Å². The molecule has 5 rings (SSSR count). The predicted molar refractivity (Wildman–Crippen MR) is 137 cm³/mol. The van der Waals surface area contributed by atoms with Crippen LogP contribution in [0.5, 0.6) is 5.75 Å². The van der Waals surface area contributed by atoms with Gasteiger partial charge in [0.1, 0.15) is 28.5 Å². The lowest BCUT2D eigenvalue weighted by Gasteiger charge is -2.36. The summed E-state index contributed by atoms with van der Waals surface area (Å²) < 4.78 is 25.0. The second kappa shape index (κ2) is 9.53. The molecule has 0 radical (unpaired) electrons. The predicted octanol–water partition coefficient (Wildman–Crippen LogP) is 5.97. The van der Waals surface area contributed by atoms with Gasteiger partial charge in [0.2, 0.25) is 0 Å². The molecule has 0 bridgehead atoms. The van der Waals surface area contributed by atoms with E-state index in [4.69, 9.17) is 30.5 Å². The summed E-state index contributed by atoms with van der Waals surface area (Å²) in [6.45, 7) is 6.76. The molecule has 1 amide bonds. The lowest BCUT2D eigenvalue weighted by atomic mass is 9.90. The molecular formula is C26H31ClN4O5. The Bertz CT molecular complexity index is 1270. The van der Waals surface area contributed by atoms with E-state index in [0.29, 0.717) is 29.8 Å². The van der Waals surface area contributed by atoms with E-state index in [1.807, 2.05) is 32.9 Å². The van der Waals surface area contributed by atoms with Crippen molar-refractivity contribution in [2.24, 2.45) is 0 Å². The highest BCUT2D eigenvalue weighted by atomic mass is 35.5. The van der Waals surface area contributed by atoms with Gasteiger partial charge in [-0.25, -0.2) is 14.8 Å². The van der Waals surface area contributed by atoms with Crippen molar-refractivity contribution in [1.29, 1.82) is 0 Å². The van der Waals surface area contributed by atoms with Gasteiger partial charge in [-0.05, 0) is 51.3 Å². The average Bonchev–Trinajstić information content (AvgIpc) is 3.45. The largest absolute Gasteiger partial charge is 0.495 e. The van der Waals surface area contributed by atoms with Gasteiger partial charge in [-0.3, -0.25) is 5.32 Å². The van der Waals surface area contributed by atoms with E-state index in [0.717, 1.165) is 47.8 Å². The van der Waals surface area contributed by atoms with E-state index in [1.54, 1.807) is 13.2 Å². The number of amides is 1. The lowest BCUT2D eigenvalue weighted by molar-refractivity contribution is -0.181. The Hall–Kier alpha value is -2.88. The van der Waals surface area contributed by atoms with E-state index < -0.39 is 17.5 Å². The minimum absolute atomic E-state index is 0.237. The van der Waals surface area contributed by atoms with Crippen molar-refractivity contribution in [1.82, 2.24) is 14.5 Å². The molecule has 0 unspecified atom stereocenters. The van der Waals surface area contributed by atoms with Crippen LogP contribution in [-0.2, 0) is 14.2 Å². The molecule has 2 fully saturated rings. The van der Waals surface area contributed by atoms with Crippen molar-refractivity contribution in [3.63, 3.8) is 0 Å². The van der Waals surface area contributed by atoms with Crippen LogP contribution in [0.2, 0.25) is 5.15 Å². The first-order chi connectivity index (χ1) is 17.2. The SMILES string of the molecule is COc1cc(-c2cn(C3CCC4(CC3)OCCO4)c3ncnc(Cl)c23)ccc1NC(=O)OC(C)(C)C. The first-order valence-corrected chi connectivity index (χ1v) is 12.5. The summed E-state index contributed by atoms with van der Waals surface area (Å²) in [6, 6.07) is 5.80. The summed E-state index contributed by atoms with van der Waals surface area (Å²) in [4.78, 5) is 21.1. The van der Waals surface area contributed by atoms with E-state index >= 15 is 0 Å². The molecule has 2 aromatic heterocycles. The van der Waals surface area contributed by atoms with E-state index in [2.05, 4.69) is 26.0 Å². The summed E-state index contributed by atoms with van der Waals surface area (Å²) in [7, 11) is 1.56. The normalized spacial score (nSPS) is 18.0. The van der Waals surface area contributed by atoms with Gasteiger partial charge in [-0.2, -0.15) is 0 Å². The molecule has 2 aliphatic rings. The number of halogens is 1. The summed E-state index contributed by atoms with van der Waals surface area (Å²) in [5.41, 5.74) is 2.46. The number of benzene rings is 1. The molecule has 1 aliphatic heterocycles. The van der Waals surface area contributed by atoms with E-state index in [9.17, 15) is 4.79 Å². The third kappa shape index (κ3) is 4.87. The van der Waals surface area contributed by atoms with Crippen LogP contribution in [-0.4, -0.2) is 52.3 Å². The molecule has 1 aromatic carbocycles. The van der Waals surface area contributed by atoms with Crippen LogP contribution >= 0.6 is 11.6 Å². The fraction of sp³-hybridized carbons (Fsp3) is 0.500. The highest BCUT2D eigenvalue weighted by Crippen LogP contribution is 2.44. The van der Waals surface area contributed by atoms with Gasteiger partial charge in [-0.15, -0.1) is 0 Å². The molecule has 9 nitrogen and oxygen atoms in total. The fourth-order valence-electron chi connectivity index (χ4n) is 5.03. The van der Waals surface area contributed by atoms with Gasteiger partial charge in [0.05, 0.1) is 31.4 Å². The highest BCUT2D eigenvalue weighted by molar-refractivity contribution is 6.35.